The number of alkyl halides is 2. The van der Waals surface area contributed by atoms with Crippen molar-refractivity contribution in [1.82, 2.24) is 0 Å². The number of carbonyl (C=O) groups is 2. The molecule has 0 aromatic heterocycles. The van der Waals surface area contributed by atoms with Crippen molar-refractivity contribution in [3.8, 4) is 5.75 Å². The normalized spacial score (nSPS) is 14.0. The summed E-state index contributed by atoms with van der Waals surface area (Å²) in [4.78, 5) is 25.6. The Bertz CT molecular complexity index is 761. The van der Waals surface area contributed by atoms with Gasteiger partial charge in [0.2, 0.25) is 5.91 Å². The molecule has 7 heteroatoms. The number of nitrogens with zero attached hydrogens (tertiary/aromatic N) is 1. The third-order valence-corrected chi connectivity index (χ3v) is 3.85. The molecule has 2 aromatic carbocycles. The van der Waals surface area contributed by atoms with Gasteiger partial charge >= 0.3 is 6.61 Å². The molecule has 0 bridgehead atoms. The standard InChI is InChI=1S/C18H16F2N2O3/c19-18(20)25-15-9-5-13(6-10-15)21-17(24)12-3-7-14(8-4-12)22-11-1-2-16(22)23/h3-10,18H,1-2,11H2,(H,21,24). The third-order valence-electron chi connectivity index (χ3n) is 3.85. The van der Waals surface area contributed by atoms with E-state index in [4.69, 9.17) is 0 Å². The molecule has 0 atom stereocenters. The zero-order valence-electron chi connectivity index (χ0n) is 13.2. The van der Waals surface area contributed by atoms with E-state index in [0.29, 0.717) is 24.2 Å². The van der Waals surface area contributed by atoms with Crippen LogP contribution in [0.15, 0.2) is 48.5 Å². The molecule has 0 saturated carbocycles. The highest BCUT2D eigenvalue weighted by Gasteiger charge is 2.21. The molecule has 1 aliphatic heterocycles. The summed E-state index contributed by atoms with van der Waals surface area (Å²) in [6.45, 7) is -2.20. The summed E-state index contributed by atoms with van der Waals surface area (Å²) in [5.41, 5.74) is 1.67. The Kier molecular flexibility index (Phi) is 4.92. The highest BCUT2D eigenvalue weighted by atomic mass is 19.3. The van der Waals surface area contributed by atoms with Crippen molar-refractivity contribution in [3.63, 3.8) is 0 Å². The number of rotatable bonds is 5. The lowest BCUT2D eigenvalue weighted by Gasteiger charge is -2.15. The minimum absolute atomic E-state index is 0.0210. The van der Waals surface area contributed by atoms with Gasteiger partial charge in [-0.25, -0.2) is 0 Å². The second-order valence-corrected chi connectivity index (χ2v) is 5.55. The molecule has 5 nitrogen and oxygen atoms in total. The van der Waals surface area contributed by atoms with Gasteiger partial charge in [-0.05, 0) is 55.0 Å². The Labute approximate surface area is 143 Å². The van der Waals surface area contributed by atoms with Crippen LogP contribution in [0, 0.1) is 0 Å². The van der Waals surface area contributed by atoms with Gasteiger partial charge in [0, 0.05) is 29.9 Å². The largest absolute Gasteiger partial charge is 0.435 e. The van der Waals surface area contributed by atoms with E-state index in [9.17, 15) is 18.4 Å². The molecule has 1 aliphatic rings. The maximum Gasteiger partial charge on any atom is 0.387 e. The summed E-state index contributed by atoms with van der Waals surface area (Å²) >= 11 is 0. The number of amides is 2. The van der Waals surface area contributed by atoms with Gasteiger partial charge in [-0.15, -0.1) is 0 Å². The average Bonchev–Trinajstić information content (AvgIpc) is 3.02. The molecule has 0 spiro atoms. The van der Waals surface area contributed by atoms with E-state index in [0.717, 1.165) is 12.1 Å². The predicted molar refractivity (Wildman–Crippen MR) is 89.1 cm³/mol. The summed E-state index contributed by atoms with van der Waals surface area (Å²) in [5, 5.41) is 2.67. The topological polar surface area (TPSA) is 58.6 Å². The highest BCUT2D eigenvalue weighted by molar-refractivity contribution is 6.04. The molecule has 3 rings (SSSR count). The van der Waals surface area contributed by atoms with Crippen LogP contribution in [0.3, 0.4) is 0 Å². The quantitative estimate of drug-likeness (QED) is 0.899. The summed E-state index contributed by atoms with van der Waals surface area (Å²) < 4.78 is 28.5. The van der Waals surface area contributed by atoms with Gasteiger partial charge in [0.25, 0.3) is 5.91 Å². The van der Waals surface area contributed by atoms with E-state index in [1.165, 1.54) is 24.3 Å². The highest BCUT2D eigenvalue weighted by Crippen LogP contribution is 2.22. The monoisotopic (exact) mass is 346 g/mol. The lowest BCUT2D eigenvalue weighted by Crippen LogP contribution is -2.23. The van der Waals surface area contributed by atoms with Crippen molar-refractivity contribution in [2.75, 3.05) is 16.8 Å². The summed E-state index contributed by atoms with van der Waals surface area (Å²) in [6, 6.07) is 12.4. The molecule has 130 valence electrons. The number of carbonyl (C=O) groups excluding carboxylic acids is 2. The molecule has 1 saturated heterocycles. The van der Waals surface area contributed by atoms with Crippen LogP contribution in [0.2, 0.25) is 0 Å². The van der Waals surface area contributed by atoms with Crippen molar-refractivity contribution in [1.29, 1.82) is 0 Å². The number of anilines is 2. The van der Waals surface area contributed by atoms with Crippen molar-refractivity contribution in [2.24, 2.45) is 0 Å². The lowest BCUT2D eigenvalue weighted by atomic mass is 10.1. The maximum atomic E-state index is 12.2. The Morgan fingerprint density at radius 1 is 1.08 bits per heavy atom. The molecule has 25 heavy (non-hydrogen) atoms. The second kappa shape index (κ2) is 7.29. The molecule has 0 aliphatic carbocycles. The molecule has 1 N–H and O–H groups in total. The van der Waals surface area contributed by atoms with Gasteiger partial charge < -0.3 is 15.0 Å². The van der Waals surface area contributed by atoms with Gasteiger partial charge in [-0.1, -0.05) is 0 Å². The first-order valence-corrected chi connectivity index (χ1v) is 7.79. The number of benzene rings is 2. The molecule has 1 heterocycles. The number of hydrogen-bond acceptors (Lipinski definition) is 3. The minimum atomic E-state index is -2.89. The Balaban J connectivity index is 1.64. The fourth-order valence-electron chi connectivity index (χ4n) is 2.64. The van der Waals surface area contributed by atoms with E-state index in [2.05, 4.69) is 10.1 Å². The van der Waals surface area contributed by atoms with Crippen molar-refractivity contribution in [2.45, 2.75) is 19.5 Å². The van der Waals surface area contributed by atoms with E-state index >= 15 is 0 Å². The Morgan fingerprint density at radius 3 is 2.32 bits per heavy atom. The zero-order valence-corrected chi connectivity index (χ0v) is 13.2. The minimum Gasteiger partial charge on any atom is -0.435 e. The third kappa shape index (κ3) is 4.12. The fraction of sp³-hybridized carbons (Fsp3) is 0.222. The molecular formula is C18H16F2N2O3. The first kappa shape index (κ1) is 16.9. The van der Waals surface area contributed by atoms with Crippen LogP contribution in [0.1, 0.15) is 23.2 Å². The van der Waals surface area contributed by atoms with Crippen molar-refractivity contribution >= 4 is 23.2 Å². The van der Waals surface area contributed by atoms with Gasteiger partial charge in [0.1, 0.15) is 5.75 Å². The van der Waals surface area contributed by atoms with Gasteiger partial charge in [-0.3, -0.25) is 9.59 Å². The molecule has 2 aromatic rings. The fourth-order valence-corrected chi connectivity index (χ4v) is 2.64. The molecular weight excluding hydrogens is 330 g/mol. The number of hydrogen-bond donors (Lipinski definition) is 1. The number of halogens is 2. The molecule has 2 amide bonds. The van der Waals surface area contributed by atoms with Gasteiger partial charge in [0.15, 0.2) is 0 Å². The van der Waals surface area contributed by atoms with Crippen LogP contribution in [-0.2, 0) is 4.79 Å². The Hall–Kier alpha value is -2.96. The first-order chi connectivity index (χ1) is 12.0. The van der Waals surface area contributed by atoms with Crippen LogP contribution in [0.5, 0.6) is 5.75 Å². The van der Waals surface area contributed by atoms with Crippen LogP contribution in [0.4, 0.5) is 20.2 Å². The summed E-state index contributed by atoms with van der Waals surface area (Å²) in [6.07, 6.45) is 1.39. The summed E-state index contributed by atoms with van der Waals surface area (Å²) in [7, 11) is 0. The zero-order chi connectivity index (χ0) is 17.8. The number of ether oxygens (including phenoxy) is 1. The SMILES string of the molecule is O=C(Nc1ccc(OC(F)F)cc1)c1ccc(N2CCCC2=O)cc1. The van der Waals surface area contributed by atoms with Crippen molar-refractivity contribution in [3.05, 3.63) is 54.1 Å². The van der Waals surface area contributed by atoms with Gasteiger partial charge in [0.05, 0.1) is 0 Å². The van der Waals surface area contributed by atoms with Crippen LogP contribution in [0.25, 0.3) is 0 Å². The molecule has 0 radical (unpaired) electrons. The van der Waals surface area contributed by atoms with E-state index in [1.807, 2.05) is 0 Å². The van der Waals surface area contributed by atoms with E-state index < -0.39 is 6.61 Å². The molecule has 0 unspecified atom stereocenters. The predicted octanol–water partition coefficient (Wildman–Crippen LogP) is 3.67. The lowest BCUT2D eigenvalue weighted by molar-refractivity contribution is -0.117. The van der Waals surface area contributed by atoms with Crippen LogP contribution in [-0.4, -0.2) is 25.0 Å². The second-order valence-electron chi connectivity index (χ2n) is 5.55. The molecule has 1 fully saturated rings. The van der Waals surface area contributed by atoms with Crippen molar-refractivity contribution < 1.29 is 23.1 Å². The van der Waals surface area contributed by atoms with Gasteiger partial charge in [-0.2, -0.15) is 8.78 Å². The van der Waals surface area contributed by atoms with E-state index in [1.54, 1.807) is 29.2 Å². The maximum absolute atomic E-state index is 12.2. The summed E-state index contributed by atoms with van der Waals surface area (Å²) in [5.74, 6) is -0.224. The first-order valence-electron chi connectivity index (χ1n) is 7.79. The van der Waals surface area contributed by atoms with E-state index in [-0.39, 0.29) is 17.6 Å². The van der Waals surface area contributed by atoms with Crippen LogP contribution < -0.4 is 15.0 Å². The average molecular weight is 346 g/mol. The number of nitrogens with one attached hydrogen (secondary N) is 1. The smallest absolute Gasteiger partial charge is 0.387 e. The Morgan fingerprint density at radius 2 is 1.76 bits per heavy atom. The van der Waals surface area contributed by atoms with Crippen LogP contribution >= 0.6 is 0 Å².